The van der Waals surface area contributed by atoms with E-state index in [1.807, 2.05) is 61.3 Å². The number of ether oxygens (including phenoxy) is 1. The summed E-state index contributed by atoms with van der Waals surface area (Å²) in [4.78, 5) is 18.6. The van der Waals surface area contributed by atoms with E-state index in [4.69, 9.17) is 4.74 Å². The molecule has 3 rings (SSSR count). The van der Waals surface area contributed by atoms with Gasteiger partial charge in [0.1, 0.15) is 0 Å². The molecule has 1 aromatic carbocycles. The lowest BCUT2D eigenvalue weighted by molar-refractivity contribution is -0.0586. The Morgan fingerprint density at radius 3 is 2.44 bits per heavy atom. The number of carbonyl (C=O) groups is 1. The van der Waals surface area contributed by atoms with Crippen LogP contribution in [-0.4, -0.2) is 41.1 Å². The minimum atomic E-state index is 0.0804. The molecule has 0 spiro atoms. The Kier molecular flexibility index (Phi) is 5.79. The predicted molar refractivity (Wildman–Crippen MR) is 97.1 cm³/mol. The molecule has 1 N–H and O–H groups in total. The van der Waals surface area contributed by atoms with Crippen LogP contribution < -0.4 is 5.32 Å². The lowest BCUT2D eigenvalue weighted by Gasteiger charge is -2.35. The summed E-state index contributed by atoms with van der Waals surface area (Å²) in [6.07, 6.45) is 3.81. The molecule has 132 valence electrons. The van der Waals surface area contributed by atoms with Crippen LogP contribution in [0, 0.1) is 0 Å². The number of benzene rings is 1. The summed E-state index contributed by atoms with van der Waals surface area (Å²) in [7, 11) is 0. The first-order valence-electron chi connectivity index (χ1n) is 8.75. The quantitative estimate of drug-likeness (QED) is 0.910. The van der Waals surface area contributed by atoms with Crippen molar-refractivity contribution in [3.63, 3.8) is 0 Å². The number of carbonyl (C=O) groups excluding carboxylic acids is 1. The first-order valence-corrected chi connectivity index (χ1v) is 8.75. The van der Waals surface area contributed by atoms with Crippen LogP contribution in [-0.2, 0) is 17.8 Å². The molecule has 1 aromatic heterocycles. The van der Waals surface area contributed by atoms with E-state index in [0.717, 1.165) is 29.8 Å². The Morgan fingerprint density at radius 2 is 1.80 bits per heavy atom. The summed E-state index contributed by atoms with van der Waals surface area (Å²) in [5.74, 6) is 0.0804. The highest BCUT2D eigenvalue weighted by Gasteiger charge is 2.26. The van der Waals surface area contributed by atoms with Crippen LogP contribution in [0.4, 0.5) is 0 Å². The number of morpholine rings is 1. The van der Waals surface area contributed by atoms with E-state index in [9.17, 15) is 4.79 Å². The minimum Gasteiger partial charge on any atom is -0.372 e. The Morgan fingerprint density at radius 1 is 1.12 bits per heavy atom. The number of rotatable bonds is 5. The number of hydrogen-bond acceptors (Lipinski definition) is 4. The van der Waals surface area contributed by atoms with Crippen molar-refractivity contribution in [3.8, 4) is 0 Å². The molecule has 0 saturated carbocycles. The van der Waals surface area contributed by atoms with Crippen molar-refractivity contribution >= 4 is 5.91 Å². The van der Waals surface area contributed by atoms with Crippen molar-refractivity contribution in [3.05, 3.63) is 65.5 Å². The van der Waals surface area contributed by atoms with Crippen LogP contribution in [0.1, 0.15) is 35.3 Å². The molecule has 0 radical (unpaired) electrons. The molecule has 2 unspecified atom stereocenters. The van der Waals surface area contributed by atoms with Crippen LogP contribution in [0.3, 0.4) is 0 Å². The standard InChI is InChI=1S/C20H25N3O2/c1-15-13-23(14-16(2)25-15)20(24)19-7-5-17(6-8-19)10-22-12-18-4-3-9-21-11-18/h3-9,11,15-16,22H,10,12-14H2,1-2H3. The molecule has 0 aliphatic carbocycles. The average molecular weight is 339 g/mol. The number of hydrogen-bond donors (Lipinski definition) is 1. The molecule has 5 heteroatoms. The average Bonchev–Trinajstić information content (AvgIpc) is 2.62. The second kappa shape index (κ2) is 8.23. The second-order valence-corrected chi connectivity index (χ2v) is 6.63. The van der Waals surface area contributed by atoms with Gasteiger partial charge in [-0.15, -0.1) is 0 Å². The van der Waals surface area contributed by atoms with E-state index in [0.29, 0.717) is 13.1 Å². The van der Waals surface area contributed by atoms with Gasteiger partial charge >= 0.3 is 0 Å². The Balaban J connectivity index is 1.53. The molecule has 1 saturated heterocycles. The second-order valence-electron chi connectivity index (χ2n) is 6.63. The van der Waals surface area contributed by atoms with Gasteiger partial charge in [0.25, 0.3) is 5.91 Å². The van der Waals surface area contributed by atoms with E-state index in [1.54, 1.807) is 6.20 Å². The van der Waals surface area contributed by atoms with Gasteiger partial charge < -0.3 is 15.0 Å². The minimum absolute atomic E-state index is 0.0804. The summed E-state index contributed by atoms with van der Waals surface area (Å²) in [5, 5.41) is 3.39. The zero-order chi connectivity index (χ0) is 17.6. The van der Waals surface area contributed by atoms with Crippen molar-refractivity contribution in [2.45, 2.75) is 39.1 Å². The van der Waals surface area contributed by atoms with Gasteiger partial charge in [0.15, 0.2) is 0 Å². The summed E-state index contributed by atoms with van der Waals surface area (Å²) < 4.78 is 5.70. The summed E-state index contributed by atoms with van der Waals surface area (Å²) in [6, 6.07) is 11.8. The molecule has 25 heavy (non-hydrogen) atoms. The molecule has 5 nitrogen and oxygen atoms in total. The van der Waals surface area contributed by atoms with E-state index < -0.39 is 0 Å². The number of nitrogens with zero attached hydrogens (tertiary/aromatic N) is 2. The topological polar surface area (TPSA) is 54.5 Å². The Hall–Kier alpha value is -2.24. The number of nitrogens with one attached hydrogen (secondary N) is 1. The summed E-state index contributed by atoms with van der Waals surface area (Å²) >= 11 is 0. The van der Waals surface area contributed by atoms with Crippen molar-refractivity contribution in [2.75, 3.05) is 13.1 Å². The van der Waals surface area contributed by atoms with E-state index in [-0.39, 0.29) is 18.1 Å². The van der Waals surface area contributed by atoms with E-state index in [2.05, 4.69) is 10.3 Å². The fourth-order valence-electron chi connectivity index (χ4n) is 3.15. The maximum absolute atomic E-state index is 12.6. The van der Waals surface area contributed by atoms with Gasteiger partial charge in [0.2, 0.25) is 0 Å². The van der Waals surface area contributed by atoms with Crippen molar-refractivity contribution in [1.29, 1.82) is 0 Å². The zero-order valence-electron chi connectivity index (χ0n) is 14.8. The fraction of sp³-hybridized carbons (Fsp3) is 0.400. The number of amides is 1. The zero-order valence-corrected chi connectivity index (χ0v) is 14.8. The molecule has 1 aliphatic heterocycles. The number of aromatic nitrogens is 1. The molecular formula is C20H25N3O2. The SMILES string of the molecule is CC1CN(C(=O)c2ccc(CNCc3cccnc3)cc2)CC(C)O1. The summed E-state index contributed by atoms with van der Waals surface area (Å²) in [5.41, 5.74) is 3.05. The highest BCUT2D eigenvalue weighted by Crippen LogP contribution is 2.15. The maximum Gasteiger partial charge on any atom is 0.254 e. The highest BCUT2D eigenvalue weighted by atomic mass is 16.5. The lowest BCUT2D eigenvalue weighted by Crippen LogP contribution is -2.48. The molecule has 2 heterocycles. The molecule has 1 aliphatic rings. The van der Waals surface area contributed by atoms with Gasteiger partial charge in [-0.3, -0.25) is 9.78 Å². The van der Waals surface area contributed by atoms with Crippen LogP contribution in [0.25, 0.3) is 0 Å². The lowest BCUT2D eigenvalue weighted by atomic mass is 10.1. The largest absolute Gasteiger partial charge is 0.372 e. The van der Waals surface area contributed by atoms with Crippen LogP contribution in [0.15, 0.2) is 48.8 Å². The first-order chi connectivity index (χ1) is 12.1. The van der Waals surface area contributed by atoms with Gasteiger partial charge in [0, 0.05) is 44.1 Å². The normalized spacial score (nSPS) is 20.5. The fourth-order valence-corrected chi connectivity index (χ4v) is 3.15. The third-order valence-corrected chi connectivity index (χ3v) is 4.29. The van der Waals surface area contributed by atoms with Crippen LogP contribution in [0.2, 0.25) is 0 Å². The summed E-state index contributed by atoms with van der Waals surface area (Å²) in [6.45, 7) is 6.85. The van der Waals surface area contributed by atoms with Gasteiger partial charge in [0.05, 0.1) is 12.2 Å². The van der Waals surface area contributed by atoms with Gasteiger partial charge in [-0.1, -0.05) is 18.2 Å². The van der Waals surface area contributed by atoms with Crippen molar-refractivity contribution in [2.24, 2.45) is 0 Å². The third-order valence-electron chi connectivity index (χ3n) is 4.29. The third kappa shape index (κ3) is 4.87. The molecule has 1 amide bonds. The first kappa shape index (κ1) is 17.6. The van der Waals surface area contributed by atoms with Gasteiger partial charge in [-0.25, -0.2) is 0 Å². The van der Waals surface area contributed by atoms with Crippen molar-refractivity contribution in [1.82, 2.24) is 15.2 Å². The maximum atomic E-state index is 12.6. The Bertz CT molecular complexity index is 678. The molecule has 2 atom stereocenters. The van der Waals surface area contributed by atoms with Gasteiger partial charge in [-0.2, -0.15) is 0 Å². The van der Waals surface area contributed by atoms with E-state index >= 15 is 0 Å². The Labute approximate surface area is 149 Å². The molecule has 2 aromatic rings. The monoisotopic (exact) mass is 339 g/mol. The highest BCUT2D eigenvalue weighted by molar-refractivity contribution is 5.94. The van der Waals surface area contributed by atoms with Crippen LogP contribution >= 0.6 is 0 Å². The smallest absolute Gasteiger partial charge is 0.254 e. The predicted octanol–water partition coefficient (Wildman–Crippen LogP) is 2.62. The van der Waals surface area contributed by atoms with Gasteiger partial charge in [-0.05, 0) is 43.2 Å². The molecule has 1 fully saturated rings. The molecule has 0 bridgehead atoms. The van der Waals surface area contributed by atoms with Crippen LogP contribution in [0.5, 0.6) is 0 Å². The molecular weight excluding hydrogens is 314 g/mol. The van der Waals surface area contributed by atoms with Crippen molar-refractivity contribution < 1.29 is 9.53 Å². The van der Waals surface area contributed by atoms with E-state index in [1.165, 1.54) is 0 Å². The number of pyridine rings is 1.